The Morgan fingerprint density at radius 3 is 2.16 bits per heavy atom. The summed E-state index contributed by atoms with van der Waals surface area (Å²) in [5.74, 6) is -0.730. The van der Waals surface area contributed by atoms with Crippen molar-refractivity contribution in [1.82, 2.24) is 4.90 Å². The lowest BCUT2D eigenvalue weighted by Crippen LogP contribution is -2.25. The van der Waals surface area contributed by atoms with E-state index in [4.69, 9.17) is 9.05 Å². The third-order valence-electron chi connectivity index (χ3n) is 2.57. The second kappa shape index (κ2) is 7.43. The fraction of sp³-hybridized carbons (Fsp3) is 0.462. The molecule has 0 radical (unpaired) electrons. The molecule has 0 aromatic heterocycles. The minimum Gasteiger partial charge on any atom is -0.330 e. The standard InChI is InChI=1S/C13H20NO4P/c1-4-17-19(16,18-5-2)13(14(3)11-15)12-9-7-6-8-10-12/h6-11,13H,4-5H2,1-3H3/t13-/m1/s1. The number of rotatable bonds is 8. The molecule has 1 atom stereocenters. The largest absolute Gasteiger partial charge is 0.357 e. The molecule has 0 bridgehead atoms. The molecule has 0 saturated heterocycles. The van der Waals surface area contributed by atoms with Crippen LogP contribution in [0.15, 0.2) is 30.3 Å². The summed E-state index contributed by atoms with van der Waals surface area (Å²) in [4.78, 5) is 12.4. The topological polar surface area (TPSA) is 55.8 Å². The lowest BCUT2D eigenvalue weighted by Gasteiger charge is -2.31. The van der Waals surface area contributed by atoms with Gasteiger partial charge in [-0.25, -0.2) is 0 Å². The average molecular weight is 285 g/mol. The highest BCUT2D eigenvalue weighted by Gasteiger charge is 2.39. The predicted octanol–water partition coefficient (Wildman–Crippen LogP) is 3.04. The molecule has 0 unspecified atom stereocenters. The molecule has 1 rings (SSSR count). The second-order valence-corrected chi connectivity index (χ2v) is 6.02. The van der Waals surface area contributed by atoms with Crippen molar-refractivity contribution in [3.8, 4) is 0 Å². The van der Waals surface area contributed by atoms with Crippen molar-refractivity contribution in [2.45, 2.75) is 19.6 Å². The van der Waals surface area contributed by atoms with Crippen LogP contribution < -0.4 is 0 Å². The van der Waals surface area contributed by atoms with E-state index in [2.05, 4.69) is 0 Å². The van der Waals surface area contributed by atoms with Crippen LogP contribution in [0.5, 0.6) is 0 Å². The van der Waals surface area contributed by atoms with Crippen molar-refractivity contribution in [2.24, 2.45) is 0 Å². The van der Waals surface area contributed by atoms with E-state index < -0.39 is 13.4 Å². The van der Waals surface area contributed by atoms with Gasteiger partial charge in [0.05, 0.1) is 13.2 Å². The van der Waals surface area contributed by atoms with Gasteiger partial charge in [0.15, 0.2) is 5.78 Å². The molecule has 0 aliphatic rings. The molecule has 0 fully saturated rings. The molecule has 1 aromatic rings. The third-order valence-corrected chi connectivity index (χ3v) is 5.07. The fourth-order valence-electron chi connectivity index (χ4n) is 1.86. The molecule has 106 valence electrons. The summed E-state index contributed by atoms with van der Waals surface area (Å²) < 4.78 is 23.6. The van der Waals surface area contributed by atoms with Crippen LogP contribution in [-0.2, 0) is 18.4 Å². The number of carbonyl (C=O) groups is 1. The van der Waals surface area contributed by atoms with E-state index in [1.165, 1.54) is 4.90 Å². The van der Waals surface area contributed by atoms with E-state index in [1.54, 1.807) is 33.0 Å². The van der Waals surface area contributed by atoms with Gasteiger partial charge in [-0.05, 0) is 19.4 Å². The van der Waals surface area contributed by atoms with Crippen LogP contribution in [0.25, 0.3) is 0 Å². The van der Waals surface area contributed by atoms with Crippen LogP contribution in [0, 0.1) is 0 Å². The fourth-order valence-corrected chi connectivity index (χ4v) is 3.98. The Bertz CT molecular complexity index is 428. The summed E-state index contributed by atoms with van der Waals surface area (Å²) in [5.41, 5.74) is 0.724. The molecule has 1 aromatic carbocycles. The van der Waals surface area contributed by atoms with Gasteiger partial charge in [-0.1, -0.05) is 30.3 Å². The molecule has 0 heterocycles. The molecule has 0 N–H and O–H groups in total. The van der Waals surface area contributed by atoms with Gasteiger partial charge in [0.2, 0.25) is 6.41 Å². The maximum atomic E-state index is 12.9. The summed E-state index contributed by atoms with van der Waals surface area (Å²) in [6.07, 6.45) is 0.627. The minimum atomic E-state index is -3.43. The maximum Gasteiger partial charge on any atom is 0.357 e. The summed E-state index contributed by atoms with van der Waals surface area (Å²) in [7, 11) is -1.86. The van der Waals surface area contributed by atoms with Crippen molar-refractivity contribution in [3.05, 3.63) is 35.9 Å². The Labute approximate surface area is 114 Å². The highest BCUT2D eigenvalue weighted by molar-refractivity contribution is 7.54. The number of hydrogen-bond acceptors (Lipinski definition) is 4. The Kier molecular flexibility index (Phi) is 6.22. The van der Waals surface area contributed by atoms with E-state index in [0.717, 1.165) is 5.56 Å². The zero-order valence-electron chi connectivity index (χ0n) is 11.5. The van der Waals surface area contributed by atoms with Crippen LogP contribution >= 0.6 is 7.60 Å². The smallest absolute Gasteiger partial charge is 0.330 e. The highest BCUT2D eigenvalue weighted by atomic mass is 31.2. The Hall–Kier alpha value is -1.16. The minimum absolute atomic E-state index is 0.257. The van der Waals surface area contributed by atoms with Crippen molar-refractivity contribution in [2.75, 3.05) is 20.3 Å². The predicted molar refractivity (Wildman–Crippen MR) is 73.9 cm³/mol. The van der Waals surface area contributed by atoms with Gasteiger partial charge in [0.1, 0.15) is 0 Å². The number of hydrogen-bond donors (Lipinski definition) is 0. The van der Waals surface area contributed by atoms with Crippen LogP contribution in [-0.4, -0.2) is 31.6 Å². The molecule has 0 aliphatic heterocycles. The Morgan fingerprint density at radius 2 is 1.74 bits per heavy atom. The van der Waals surface area contributed by atoms with E-state index in [1.807, 2.05) is 18.2 Å². The van der Waals surface area contributed by atoms with Gasteiger partial charge in [-0.3, -0.25) is 9.36 Å². The van der Waals surface area contributed by atoms with Crippen molar-refractivity contribution in [1.29, 1.82) is 0 Å². The molecule has 19 heavy (non-hydrogen) atoms. The van der Waals surface area contributed by atoms with Crippen molar-refractivity contribution >= 4 is 14.0 Å². The number of carbonyl (C=O) groups excluding carboxylic acids is 1. The zero-order valence-corrected chi connectivity index (χ0v) is 12.4. The molecule has 1 amide bonds. The molecular weight excluding hydrogens is 265 g/mol. The number of amides is 1. The Morgan fingerprint density at radius 1 is 1.21 bits per heavy atom. The van der Waals surface area contributed by atoms with Crippen LogP contribution in [0.1, 0.15) is 25.2 Å². The van der Waals surface area contributed by atoms with Crippen molar-refractivity contribution in [3.63, 3.8) is 0 Å². The summed E-state index contributed by atoms with van der Waals surface area (Å²) >= 11 is 0. The first-order valence-electron chi connectivity index (χ1n) is 6.20. The first-order chi connectivity index (χ1) is 9.09. The monoisotopic (exact) mass is 285 g/mol. The third kappa shape index (κ3) is 3.90. The summed E-state index contributed by atoms with van der Waals surface area (Å²) in [6.45, 7) is 4.00. The normalized spacial score (nSPS) is 13.0. The molecule has 0 spiro atoms. The quantitative estimate of drug-likeness (QED) is 0.544. The molecule has 0 aliphatic carbocycles. The number of benzene rings is 1. The molecule has 6 heteroatoms. The summed E-state index contributed by atoms with van der Waals surface area (Å²) in [6, 6.07) is 9.10. The van der Waals surface area contributed by atoms with E-state index in [0.29, 0.717) is 6.41 Å². The lowest BCUT2D eigenvalue weighted by molar-refractivity contribution is -0.118. The van der Waals surface area contributed by atoms with Gasteiger partial charge in [-0.2, -0.15) is 0 Å². The number of nitrogens with zero attached hydrogens (tertiary/aromatic N) is 1. The molecular formula is C13H20NO4P. The molecule has 5 nitrogen and oxygen atoms in total. The van der Waals surface area contributed by atoms with Gasteiger partial charge >= 0.3 is 7.60 Å². The van der Waals surface area contributed by atoms with Crippen molar-refractivity contribution < 1.29 is 18.4 Å². The Balaban J connectivity index is 3.22. The van der Waals surface area contributed by atoms with E-state index in [9.17, 15) is 9.36 Å². The highest BCUT2D eigenvalue weighted by Crippen LogP contribution is 2.61. The second-order valence-electron chi connectivity index (χ2n) is 3.93. The van der Waals surface area contributed by atoms with Gasteiger partial charge in [0, 0.05) is 7.05 Å². The van der Waals surface area contributed by atoms with Gasteiger partial charge in [0.25, 0.3) is 0 Å². The first-order valence-corrected chi connectivity index (χ1v) is 7.81. The SMILES string of the molecule is CCOP(=O)(OCC)[C@H](c1ccccc1)N(C)C=O. The first kappa shape index (κ1) is 15.9. The van der Waals surface area contributed by atoms with Crippen LogP contribution in [0.2, 0.25) is 0 Å². The maximum absolute atomic E-state index is 12.9. The van der Waals surface area contributed by atoms with Crippen LogP contribution in [0.3, 0.4) is 0 Å². The lowest BCUT2D eigenvalue weighted by atomic mass is 10.2. The summed E-state index contributed by atoms with van der Waals surface area (Å²) in [5, 5.41) is 0. The van der Waals surface area contributed by atoms with Crippen LogP contribution in [0.4, 0.5) is 0 Å². The van der Waals surface area contributed by atoms with Gasteiger partial charge in [-0.15, -0.1) is 0 Å². The molecule has 0 saturated carbocycles. The zero-order chi connectivity index (χ0) is 14.3. The van der Waals surface area contributed by atoms with E-state index >= 15 is 0 Å². The van der Waals surface area contributed by atoms with E-state index in [-0.39, 0.29) is 13.2 Å². The average Bonchev–Trinajstić information content (AvgIpc) is 2.40. The van der Waals surface area contributed by atoms with Gasteiger partial charge < -0.3 is 13.9 Å².